The second-order valence-corrected chi connectivity index (χ2v) is 12.0. The van der Waals surface area contributed by atoms with Crippen LogP contribution in [0.15, 0.2) is 36.4 Å². The molecule has 1 saturated heterocycles. The minimum Gasteiger partial charge on any atom is -0.497 e. The zero-order valence-electron chi connectivity index (χ0n) is 25.2. The Balaban J connectivity index is 1.35. The Kier molecular flexibility index (Phi) is 8.75. The van der Waals surface area contributed by atoms with Crippen molar-refractivity contribution in [3.8, 4) is 11.5 Å². The van der Waals surface area contributed by atoms with E-state index in [1.807, 2.05) is 48.2 Å². The summed E-state index contributed by atoms with van der Waals surface area (Å²) in [6, 6.07) is 11.3. The predicted molar refractivity (Wildman–Crippen MR) is 161 cm³/mol. The third-order valence-electron chi connectivity index (χ3n) is 8.29. The van der Waals surface area contributed by atoms with Gasteiger partial charge in [-0.1, -0.05) is 6.07 Å². The van der Waals surface area contributed by atoms with Crippen LogP contribution in [0.2, 0.25) is 0 Å². The van der Waals surface area contributed by atoms with Crippen LogP contribution in [0.3, 0.4) is 0 Å². The molecule has 2 heterocycles. The Hall–Kier alpha value is -3.63. The molecule has 1 saturated carbocycles. The van der Waals surface area contributed by atoms with Gasteiger partial charge in [-0.3, -0.25) is 14.4 Å². The molecule has 226 valence electrons. The Morgan fingerprint density at radius 3 is 2.60 bits per heavy atom. The Bertz CT molecular complexity index is 1340. The van der Waals surface area contributed by atoms with E-state index in [9.17, 15) is 14.4 Å². The van der Waals surface area contributed by atoms with Crippen LogP contribution >= 0.6 is 0 Å². The van der Waals surface area contributed by atoms with Gasteiger partial charge < -0.3 is 34.6 Å². The van der Waals surface area contributed by atoms with E-state index in [2.05, 4.69) is 10.6 Å². The molecule has 0 bridgehead atoms. The lowest BCUT2D eigenvalue weighted by Gasteiger charge is -2.39. The monoisotopic (exact) mass is 578 g/mol. The van der Waals surface area contributed by atoms with Crippen molar-refractivity contribution in [2.75, 3.05) is 55.6 Å². The van der Waals surface area contributed by atoms with Gasteiger partial charge in [-0.05, 0) is 76.3 Å². The summed E-state index contributed by atoms with van der Waals surface area (Å²) in [6.07, 6.45) is 2.97. The van der Waals surface area contributed by atoms with Crippen LogP contribution in [-0.4, -0.2) is 69.8 Å². The molecule has 10 nitrogen and oxygen atoms in total. The highest BCUT2D eigenvalue weighted by atomic mass is 16.5. The lowest BCUT2D eigenvalue weighted by molar-refractivity contribution is -0.132. The van der Waals surface area contributed by atoms with E-state index >= 15 is 0 Å². The highest BCUT2D eigenvalue weighted by molar-refractivity contribution is 6.04. The van der Waals surface area contributed by atoms with Crippen LogP contribution in [-0.2, 0) is 19.1 Å². The smallest absolute Gasteiger partial charge is 0.270 e. The van der Waals surface area contributed by atoms with E-state index in [1.54, 1.807) is 33.0 Å². The molecule has 0 aromatic heterocycles. The number of piperidine rings is 1. The number of anilines is 3. The molecule has 42 heavy (non-hydrogen) atoms. The van der Waals surface area contributed by atoms with Crippen LogP contribution in [0.25, 0.3) is 0 Å². The Labute approximate surface area is 247 Å². The summed E-state index contributed by atoms with van der Waals surface area (Å²) >= 11 is 0. The fourth-order valence-electron chi connectivity index (χ4n) is 5.77. The summed E-state index contributed by atoms with van der Waals surface area (Å²) in [5.41, 5.74) is 2.07. The maximum absolute atomic E-state index is 14.1. The number of rotatable bonds is 10. The molecule has 0 unspecified atom stereocenters. The molecule has 10 heteroatoms. The molecule has 2 fully saturated rings. The molecule has 5 rings (SSSR count). The van der Waals surface area contributed by atoms with E-state index in [4.69, 9.17) is 14.2 Å². The lowest BCUT2D eigenvalue weighted by Crippen LogP contribution is -2.53. The first-order valence-electron chi connectivity index (χ1n) is 14.8. The number of carbonyl (C=O) groups is 3. The fourth-order valence-corrected chi connectivity index (χ4v) is 5.77. The molecule has 3 amide bonds. The number of fused-ring (bicyclic) bond motifs is 1. The van der Waals surface area contributed by atoms with Crippen LogP contribution in [0.1, 0.15) is 45.1 Å². The maximum Gasteiger partial charge on any atom is 0.270 e. The van der Waals surface area contributed by atoms with Gasteiger partial charge in [0.05, 0.1) is 24.6 Å². The van der Waals surface area contributed by atoms with Crippen LogP contribution in [0.4, 0.5) is 17.1 Å². The highest BCUT2D eigenvalue weighted by Gasteiger charge is 2.43. The molecule has 2 aliphatic heterocycles. The molecule has 2 atom stereocenters. The molecular formula is C32H42N4O6. The third-order valence-corrected chi connectivity index (χ3v) is 8.29. The number of benzene rings is 2. The summed E-state index contributed by atoms with van der Waals surface area (Å²) in [5, 5.41) is 6.35. The molecule has 0 radical (unpaired) electrons. The normalized spacial score (nSPS) is 21.3. The molecule has 0 spiro atoms. The number of aryl methyl sites for hydroxylation is 1. The van der Waals surface area contributed by atoms with Gasteiger partial charge in [0.15, 0.2) is 5.60 Å². The van der Waals surface area contributed by atoms with Gasteiger partial charge >= 0.3 is 0 Å². The van der Waals surface area contributed by atoms with Crippen LogP contribution in [0, 0.1) is 18.8 Å². The fraction of sp³-hybridized carbons (Fsp3) is 0.531. The number of ether oxygens (including phenoxy) is 3. The molecular weight excluding hydrogens is 536 g/mol. The minimum absolute atomic E-state index is 0.00525. The largest absolute Gasteiger partial charge is 0.497 e. The number of methoxy groups -OCH3 is 2. The van der Waals surface area contributed by atoms with Gasteiger partial charge in [0.25, 0.3) is 5.91 Å². The first kappa shape index (κ1) is 29.8. The van der Waals surface area contributed by atoms with Gasteiger partial charge in [-0.25, -0.2) is 0 Å². The van der Waals surface area contributed by atoms with Gasteiger partial charge in [0, 0.05) is 56.8 Å². The van der Waals surface area contributed by atoms with Crippen molar-refractivity contribution in [2.45, 2.75) is 58.1 Å². The summed E-state index contributed by atoms with van der Waals surface area (Å²) in [4.78, 5) is 44.3. The van der Waals surface area contributed by atoms with Crippen molar-refractivity contribution < 1.29 is 28.6 Å². The van der Waals surface area contributed by atoms with E-state index in [0.29, 0.717) is 62.0 Å². The average Bonchev–Trinajstić information content (AvgIpc) is 3.81. The number of nitrogens with zero attached hydrogens (tertiary/aromatic N) is 2. The number of hydrogen-bond acceptors (Lipinski definition) is 7. The van der Waals surface area contributed by atoms with Crippen molar-refractivity contribution >= 4 is 34.8 Å². The van der Waals surface area contributed by atoms with Crippen LogP contribution < -0.4 is 29.9 Å². The van der Waals surface area contributed by atoms with E-state index < -0.39 is 5.60 Å². The summed E-state index contributed by atoms with van der Waals surface area (Å²) in [6.45, 7) is 7.52. The van der Waals surface area contributed by atoms with E-state index in [-0.39, 0.29) is 35.6 Å². The quantitative estimate of drug-likeness (QED) is 0.412. The molecule has 3 aliphatic rings. The summed E-state index contributed by atoms with van der Waals surface area (Å²) in [5.74, 6) is 0.336. The van der Waals surface area contributed by atoms with Gasteiger partial charge in [0.1, 0.15) is 11.5 Å². The number of carbonyl (C=O) groups excluding carboxylic acids is 3. The Morgan fingerprint density at radius 2 is 1.88 bits per heavy atom. The molecule has 2 aromatic carbocycles. The average molecular weight is 579 g/mol. The number of amides is 3. The maximum atomic E-state index is 14.1. The van der Waals surface area contributed by atoms with E-state index in [0.717, 1.165) is 24.1 Å². The van der Waals surface area contributed by atoms with Crippen LogP contribution in [0.5, 0.6) is 11.5 Å². The van der Waals surface area contributed by atoms with Crippen molar-refractivity contribution in [3.63, 3.8) is 0 Å². The van der Waals surface area contributed by atoms with Crippen molar-refractivity contribution in [1.82, 2.24) is 5.32 Å². The number of nitrogens with one attached hydrogen (secondary N) is 2. The van der Waals surface area contributed by atoms with Gasteiger partial charge in [-0.15, -0.1) is 0 Å². The standard InChI is InChI=1S/C32H42N4O6/c1-20-7-11-25(41-5)17-26(20)34-29(37)21-15-22(19-33-18-21)30(38)36(23-8-9-23)24-10-12-28-27(16-24)35(13-6-14-40-4)31(39)32(2,3)42-28/h7,10-12,16-17,21-23,33H,6,8-9,13-15,18-19H2,1-5H3,(H,34,37)/t21-,22+/m0/s1. The second-order valence-electron chi connectivity index (χ2n) is 12.0. The zero-order valence-corrected chi connectivity index (χ0v) is 25.2. The summed E-state index contributed by atoms with van der Waals surface area (Å²) < 4.78 is 16.6. The molecule has 2 N–H and O–H groups in total. The molecule has 2 aromatic rings. The predicted octanol–water partition coefficient (Wildman–Crippen LogP) is 3.90. The topological polar surface area (TPSA) is 109 Å². The van der Waals surface area contributed by atoms with Crippen molar-refractivity contribution in [1.29, 1.82) is 0 Å². The van der Waals surface area contributed by atoms with E-state index in [1.165, 1.54) is 0 Å². The first-order valence-corrected chi connectivity index (χ1v) is 14.8. The Morgan fingerprint density at radius 1 is 1.12 bits per heavy atom. The lowest BCUT2D eigenvalue weighted by atomic mass is 9.88. The van der Waals surface area contributed by atoms with Gasteiger partial charge in [-0.2, -0.15) is 0 Å². The molecule has 1 aliphatic carbocycles. The number of hydrogen-bond donors (Lipinski definition) is 2. The minimum atomic E-state index is -0.986. The third kappa shape index (κ3) is 6.24. The zero-order chi connectivity index (χ0) is 30.0. The van der Waals surface area contributed by atoms with Crippen molar-refractivity contribution in [3.05, 3.63) is 42.0 Å². The first-order chi connectivity index (χ1) is 20.1. The summed E-state index contributed by atoms with van der Waals surface area (Å²) in [7, 11) is 3.24. The second kappa shape index (κ2) is 12.3. The van der Waals surface area contributed by atoms with Gasteiger partial charge in [0.2, 0.25) is 11.8 Å². The van der Waals surface area contributed by atoms with Crippen molar-refractivity contribution in [2.24, 2.45) is 11.8 Å². The highest BCUT2D eigenvalue weighted by Crippen LogP contribution is 2.43. The SMILES string of the molecule is COCCCN1C(=O)C(C)(C)Oc2ccc(N(C(=O)[C@H]3CNC[C@@H](C(=O)Nc4cc(OC)ccc4C)C3)C3CC3)cc21.